The molecular formula is C19H22FN3O2. The number of phenolic OH excluding ortho intramolecular Hbond substituents is 1. The van der Waals surface area contributed by atoms with E-state index in [2.05, 4.69) is 21.7 Å². The average Bonchev–Trinajstić information content (AvgIpc) is 3.03. The Bertz CT molecular complexity index is 739. The smallest absolute Gasteiger partial charge is 0.191 e. The van der Waals surface area contributed by atoms with Crippen molar-refractivity contribution in [2.75, 3.05) is 13.1 Å². The van der Waals surface area contributed by atoms with Gasteiger partial charge >= 0.3 is 0 Å². The molecule has 0 saturated heterocycles. The van der Waals surface area contributed by atoms with Crippen molar-refractivity contribution in [3.8, 4) is 11.5 Å². The quantitative estimate of drug-likeness (QED) is 0.577. The summed E-state index contributed by atoms with van der Waals surface area (Å²) in [4.78, 5) is 4.46. The van der Waals surface area contributed by atoms with Crippen molar-refractivity contribution in [2.24, 2.45) is 4.99 Å². The van der Waals surface area contributed by atoms with Gasteiger partial charge in [0.1, 0.15) is 11.9 Å². The van der Waals surface area contributed by atoms with Crippen LogP contribution in [0.1, 0.15) is 18.1 Å². The number of ether oxygens (including phenoxy) is 1. The van der Waals surface area contributed by atoms with Crippen LogP contribution in [0.4, 0.5) is 4.39 Å². The lowest BCUT2D eigenvalue weighted by molar-refractivity contribution is 0.235. The molecule has 3 N–H and O–H groups in total. The standard InChI is InChI=1S/C19H22FN3O2/c1-2-21-19(22-11-13-7-8-17(24)16(20)9-13)23-12-15-10-14-5-3-4-6-18(14)25-15/h3-9,15,24H,2,10-12H2,1H3,(H2,21,22,23). The normalized spacial score (nSPS) is 16.2. The van der Waals surface area contributed by atoms with Crippen molar-refractivity contribution in [1.82, 2.24) is 10.6 Å². The summed E-state index contributed by atoms with van der Waals surface area (Å²) < 4.78 is 19.3. The summed E-state index contributed by atoms with van der Waals surface area (Å²) in [5.41, 5.74) is 1.91. The van der Waals surface area contributed by atoms with Gasteiger partial charge in [0.15, 0.2) is 17.5 Å². The van der Waals surface area contributed by atoms with E-state index in [1.54, 1.807) is 6.07 Å². The summed E-state index contributed by atoms with van der Waals surface area (Å²) in [6.07, 6.45) is 0.929. The summed E-state index contributed by atoms with van der Waals surface area (Å²) in [7, 11) is 0. The second-order valence-electron chi connectivity index (χ2n) is 5.91. The molecule has 1 atom stereocenters. The van der Waals surface area contributed by atoms with E-state index in [1.165, 1.54) is 17.7 Å². The van der Waals surface area contributed by atoms with Crippen molar-refractivity contribution in [1.29, 1.82) is 0 Å². The molecule has 5 nitrogen and oxygen atoms in total. The van der Waals surface area contributed by atoms with Crippen LogP contribution in [0, 0.1) is 5.82 Å². The van der Waals surface area contributed by atoms with Crippen molar-refractivity contribution in [2.45, 2.75) is 26.0 Å². The number of fused-ring (bicyclic) bond motifs is 1. The van der Waals surface area contributed by atoms with Crippen molar-refractivity contribution in [3.63, 3.8) is 0 Å². The number of rotatable bonds is 5. The Kier molecular flexibility index (Phi) is 5.38. The first-order valence-corrected chi connectivity index (χ1v) is 8.40. The second-order valence-corrected chi connectivity index (χ2v) is 5.91. The van der Waals surface area contributed by atoms with E-state index in [1.807, 2.05) is 25.1 Å². The van der Waals surface area contributed by atoms with Crippen molar-refractivity contribution >= 4 is 5.96 Å². The molecule has 1 aliphatic rings. The molecule has 0 aliphatic carbocycles. The van der Waals surface area contributed by atoms with Gasteiger partial charge in [0.25, 0.3) is 0 Å². The third-order valence-corrected chi connectivity index (χ3v) is 3.99. The Balaban J connectivity index is 1.57. The van der Waals surface area contributed by atoms with Gasteiger partial charge in [-0.1, -0.05) is 24.3 Å². The molecule has 1 unspecified atom stereocenters. The lowest BCUT2D eigenvalue weighted by atomic mass is 10.1. The largest absolute Gasteiger partial charge is 0.505 e. The summed E-state index contributed by atoms with van der Waals surface area (Å²) in [6.45, 7) is 3.66. The Morgan fingerprint density at radius 3 is 2.88 bits per heavy atom. The van der Waals surface area contributed by atoms with Gasteiger partial charge in [0, 0.05) is 13.0 Å². The van der Waals surface area contributed by atoms with Crippen LogP contribution in [0.2, 0.25) is 0 Å². The maximum Gasteiger partial charge on any atom is 0.191 e. The molecular weight excluding hydrogens is 321 g/mol. The topological polar surface area (TPSA) is 65.9 Å². The van der Waals surface area contributed by atoms with Crippen LogP contribution in [0.25, 0.3) is 0 Å². The monoisotopic (exact) mass is 343 g/mol. The third-order valence-electron chi connectivity index (χ3n) is 3.99. The van der Waals surface area contributed by atoms with E-state index in [0.29, 0.717) is 24.6 Å². The van der Waals surface area contributed by atoms with Crippen LogP contribution in [-0.2, 0) is 13.0 Å². The summed E-state index contributed by atoms with van der Waals surface area (Å²) in [5, 5.41) is 15.7. The number of phenols is 1. The van der Waals surface area contributed by atoms with Gasteiger partial charge in [-0.15, -0.1) is 0 Å². The predicted molar refractivity (Wildman–Crippen MR) is 95.4 cm³/mol. The highest BCUT2D eigenvalue weighted by molar-refractivity contribution is 5.79. The fraction of sp³-hybridized carbons (Fsp3) is 0.316. The Hall–Kier alpha value is -2.76. The SMILES string of the molecule is CCNC(=NCc1ccc(O)c(F)c1)NCC1Cc2ccccc2O1. The molecule has 0 spiro atoms. The number of aliphatic imine (C=N–C) groups is 1. The zero-order valence-electron chi connectivity index (χ0n) is 14.1. The minimum atomic E-state index is -0.636. The lowest BCUT2D eigenvalue weighted by Gasteiger charge is -2.15. The molecule has 0 radical (unpaired) electrons. The molecule has 0 amide bonds. The van der Waals surface area contributed by atoms with Gasteiger partial charge in [-0.2, -0.15) is 0 Å². The van der Waals surface area contributed by atoms with E-state index in [-0.39, 0.29) is 11.9 Å². The number of hydrogen-bond acceptors (Lipinski definition) is 3. The number of para-hydroxylation sites is 1. The average molecular weight is 343 g/mol. The van der Waals surface area contributed by atoms with Gasteiger partial charge in [-0.3, -0.25) is 0 Å². The van der Waals surface area contributed by atoms with Crippen LogP contribution in [0.15, 0.2) is 47.5 Å². The fourth-order valence-corrected chi connectivity index (χ4v) is 2.74. The zero-order valence-corrected chi connectivity index (χ0v) is 14.1. The van der Waals surface area contributed by atoms with Crippen LogP contribution >= 0.6 is 0 Å². The minimum Gasteiger partial charge on any atom is -0.505 e. The molecule has 1 aliphatic heterocycles. The number of benzene rings is 2. The van der Waals surface area contributed by atoms with Crippen molar-refractivity contribution < 1.29 is 14.2 Å². The van der Waals surface area contributed by atoms with Crippen LogP contribution in [-0.4, -0.2) is 30.3 Å². The lowest BCUT2D eigenvalue weighted by Crippen LogP contribution is -2.42. The molecule has 0 aromatic heterocycles. The van der Waals surface area contributed by atoms with Crippen LogP contribution < -0.4 is 15.4 Å². The molecule has 0 bridgehead atoms. The molecule has 2 aromatic carbocycles. The summed E-state index contributed by atoms with van der Waals surface area (Å²) >= 11 is 0. The maximum absolute atomic E-state index is 13.4. The van der Waals surface area contributed by atoms with Gasteiger partial charge in [0.05, 0.1) is 13.1 Å². The zero-order chi connectivity index (χ0) is 17.6. The molecule has 132 valence electrons. The maximum atomic E-state index is 13.4. The number of guanidine groups is 1. The second kappa shape index (κ2) is 7.88. The number of nitrogens with zero attached hydrogens (tertiary/aromatic N) is 1. The van der Waals surface area contributed by atoms with E-state index in [4.69, 9.17) is 4.74 Å². The summed E-state index contributed by atoms with van der Waals surface area (Å²) in [6, 6.07) is 12.3. The highest BCUT2D eigenvalue weighted by Gasteiger charge is 2.22. The van der Waals surface area contributed by atoms with E-state index < -0.39 is 5.82 Å². The first-order chi connectivity index (χ1) is 12.2. The first-order valence-electron chi connectivity index (χ1n) is 8.40. The molecule has 25 heavy (non-hydrogen) atoms. The molecule has 6 heteroatoms. The Morgan fingerprint density at radius 1 is 1.28 bits per heavy atom. The van der Waals surface area contributed by atoms with Gasteiger partial charge in [-0.25, -0.2) is 9.38 Å². The molecule has 2 aromatic rings. The first kappa shape index (κ1) is 17.1. The molecule has 3 rings (SSSR count). The fourth-order valence-electron chi connectivity index (χ4n) is 2.74. The number of nitrogens with one attached hydrogen (secondary N) is 2. The van der Waals surface area contributed by atoms with Gasteiger partial charge < -0.3 is 20.5 Å². The van der Waals surface area contributed by atoms with Gasteiger partial charge in [-0.05, 0) is 36.2 Å². The highest BCUT2D eigenvalue weighted by atomic mass is 19.1. The van der Waals surface area contributed by atoms with E-state index in [9.17, 15) is 9.50 Å². The minimum absolute atomic E-state index is 0.0624. The number of aromatic hydroxyl groups is 1. The van der Waals surface area contributed by atoms with Crippen LogP contribution in [0.3, 0.4) is 0 Å². The van der Waals surface area contributed by atoms with Crippen molar-refractivity contribution in [3.05, 3.63) is 59.4 Å². The summed E-state index contributed by atoms with van der Waals surface area (Å²) in [5.74, 6) is 0.602. The molecule has 0 fully saturated rings. The predicted octanol–water partition coefficient (Wildman–Crippen LogP) is 2.59. The molecule has 0 saturated carbocycles. The van der Waals surface area contributed by atoms with E-state index >= 15 is 0 Å². The van der Waals surface area contributed by atoms with E-state index in [0.717, 1.165) is 18.7 Å². The highest BCUT2D eigenvalue weighted by Crippen LogP contribution is 2.27. The third kappa shape index (κ3) is 4.41. The Morgan fingerprint density at radius 2 is 2.12 bits per heavy atom. The number of hydrogen-bond donors (Lipinski definition) is 3. The Labute approximate surface area is 146 Å². The van der Waals surface area contributed by atoms with Gasteiger partial charge in [0.2, 0.25) is 0 Å². The molecule has 1 heterocycles. The number of halogens is 1. The van der Waals surface area contributed by atoms with Crippen LogP contribution in [0.5, 0.6) is 11.5 Å².